The lowest BCUT2D eigenvalue weighted by Crippen LogP contribution is -2.49. The van der Waals surface area contributed by atoms with Crippen LogP contribution in [0.5, 0.6) is 0 Å². The fourth-order valence-corrected chi connectivity index (χ4v) is 3.91. The number of nitrogens with zero attached hydrogens (tertiary/aromatic N) is 3. The second-order valence-corrected chi connectivity index (χ2v) is 9.44. The lowest BCUT2D eigenvalue weighted by Gasteiger charge is -2.33. The third kappa shape index (κ3) is 7.03. The maximum atomic E-state index is 12.3. The summed E-state index contributed by atoms with van der Waals surface area (Å²) in [5.74, 6) is 0.355. The summed E-state index contributed by atoms with van der Waals surface area (Å²) in [6, 6.07) is 5.33. The number of anilines is 3. The van der Waals surface area contributed by atoms with Gasteiger partial charge in [0.25, 0.3) is 5.91 Å². The number of amides is 2. The minimum Gasteiger partial charge on any atom is -0.444 e. The molecule has 5 N–H and O–H groups in total. The highest BCUT2D eigenvalue weighted by Gasteiger charge is 2.29. The number of aryl methyl sites for hydroxylation is 2. The minimum atomic E-state index is -0.692. The van der Waals surface area contributed by atoms with Gasteiger partial charge < -0.3 is 26.4 Å². The Labute approximate surface area is 194 Å². The quantitative estimate of drug-likeness (QED) is 0.517. The molecular weight excluding hydrogens is 422 g/mol. The van der Waals surface area contributed by atoms with Gasteiger partial charge in [0.2, 0.25) is 0 Å². The first-order valence-electron chi connectivity index (χ1n) is 11.2. The van der Waals surface area contributed by atoms with E-state index < -0.39 is 17.6 Å². The Kier molecular flexibility index (Phi) is 7.35. The topological polar surface area (TPSA) is 144 Å². The van der Waals surface area contributed by atoms with Crippen LogP contribution in [0.4, 0.5) is 22.1 Å². The molecule has 2 atom stereocenters. The lowest BCUT2D eigenvalue weighted by atomic mass is 9.90. The summed E-state index contributed by atoms with van der Waals surface area (Å²) in [6.07, 6.45) is 3.26. The fraction of sp³-hybridized carbons (Fsp3) is 0.522. The summed E-state index contributed by atoms with van der Waals surface area (Å²) in [4.78, 5) is 28.7. The average molecular weight is 456 g/mol. The Hall–Kier alpha value is -3.43. The van der Waals surface area contributed by atoms with Crippen molar-refractivity contribution in [1.29, 1.82) is 0 Å². The zero-order valence-electron chi connectivity index (χ0n) is 19.9. The molecule has 0 unspecified atom stereocenters. The molecule has 1 aliphatic carbocycles. The van der Waals surface area contributed by atoms with E-state index in [1.54, 1.807) is 6.07 Å². The molecule has 2 heterocycles. The van der Waals surface area contributed by atoms with Crippen LogP contribution in [0.3, 0.4) is 0 Å². The Morgan fingerprint density at radius 2 is 1.73 bits per heavy atom. The monoisotopic (exact) mass is 455 g/mol. The van der Waals surface area contributed by atoms with Gasteiger partial charge in [0, 0.05) is 17.8 Å². The number of carbonyl (C=O) groups is 2. The van der Waals surface area contributed by atoms with E-state index in [-0.39, 0.29) is 17.8 Å². The van der Waals surface area contributed by atoms with Gasteiger partial charge >= 0.3 is 6.09 Å². The van der Waals surface area contributed by atoms with Gasteiger partial charge in [-0.15, -0.1) is 10.2 Å². The number of hydrogen-bond donors (Lipinski definition) is 4. The number of aromatic nitrogens is 3. The van der Waals surface area contributed by atoms with Crippen LogP contribution < -0.4 is 21.7 Å². The van der Waals surface area contributed by atoms with Crippen molar-refractivity contribution >= 4 is 29.3 Å². The van der Waals surface area contributed by atoms with Crippen LogP contribution in [0, 0.1) is 13.8 Å². The summed E-state index contributed by atoms with van der Waals surface area (Å²) in [6.45, 7) is 9.36. The highest BCUT2D eigenvalue weighted by atomic mass is 16.6. The lowest BCUT2D eigenvalue weighted by molar-refractivity contribution is 0.0488. The second kappa shape index (κ2) is 10.0. The average Bonchev–Trinajstić information content (AvgIpc) is 2.67. The molecule has 3 rings (SSSR count). The van der Waals surface area contributed by atoms with Crippen LogP contribution in [-0.2, 0) is 4.74 Å². The van der Waals surface area contributed by atoms with Gasteiger partial charge in [-0.25, -0.2) is 9.78 Å². The first-order valence-corrected chi connectivity index (χ1v) is 11.2. The van der Waals surface area contributed by atoms with Gasteiger partial charge in [0.15, 0.2) is 11.5 Å². The van der Waals surface area contributed by atoms with Gasteiger partial charge in [-0.1, -0.05) is 12.8 Å². The molecule has 1 fully saturated rings. The molecule has 33 heavy (non-hydrogen) atoms. The number of primary amides is 1. The normalized spacial score (nSPS) is 18.3. The predicted octanol–water partition coefficient (Wildman–Crippen LogP) is 3.58. The third-order valence-electron chi connectivity index (χ3n) is 5.19. The highest BCUT2D eigenvalue weighted by molar-refractivity contribution is 5.97. The van der Waals surface area contributed by atoms with Crippen LogP contribution in [0.2, 0.25) is 0 Å². The van der Waals surface area contributed by atoms with E-state index >= 15 is 0 Å². The fourth-order valence-electron chi connectivity index (χ4n) is 3.91. The number of nitrogens with one attached hydrogen (secondary N) is 3. The van der Waals surface area contributed by atoms with Crippen LogP contribution in [0.15, 0.2) is 18.2 Å². The van der Waals surface area contributed by atoms with Gasteiger partial charge in [-0.3, -0.25) is 4.79 Å². The Balaban J connectivity index is 1.79. The third-order valence-corrected chi connectivity index (χ3v) is 5.19. The number of carbonyl (C=O) groups excluding carboxylic acids is 2. The van der Waals surface area contributed by atoms with Gasteiger partial charge in [0.1, 0.15) is 11.4 Å². The number of rotatable bonds is 6. The molecule has 1 aliphatic rings. The number of nitrogens with two attached hydrogens (primary N) is 1. The maximum Gasteiger partial charge on any atom is 0.407 e. The van der Waals surface area contributed by atoms with Crippen LogP contribution in [-0.4, -0.2) is 44.9 Å². The van der Waals surface area contributed by atoms with Crippen molar-refractivity contribution in [3.05, 3.63) is 35.2 Å². The molecule has 0 saturated heterocycles. The van der Waals surface area contributed by atoms with Crippen LogP contribution >= 0.6 is 0 Å². The maximum absolute atomic E-state index is 12.3. The molecular formula is C23H33N7O3. The van der Waals surface area contributed by atoms with Crippen molar-refractivity contribution in [2.45, 2.75) is 78.0 Å². The zero-order valence-corrected chi connectivity index (χ0v) is 19.9. The molecule has 178 valence electrons. The van der Waals surface area contributed by atoms with Crippen molar-refractivity contribution in [2.24, 2.45) is 5.73 Å². The van der Waals surface area contributed by atoms with Crippen molar-refractivity contribution in [3.63, 3.8) is 0 Å². The molecule has 2 amide bonds. The van der Waals surface area contributed by atoms with Crippen LogP contribution in [0.25, 0.3) is 0 Å². The molecule has 10 heteroatoms. The molecule has 0 radical (unpaired) electrons. The van der Waals surface area contributed by atoms with E-state index in [9.17, 15) is 9.59 Å². The molecule has 0 spiro atoms. The molecule has 0 bridgehead atoms. The van der Waals surface area contributed by atoms with E-state index in [0.29, 0.717) is 17.3 Å². The smallest absolute Gasteiger partial charge is 0.407 e. The highest BCUT2D eigenvalue weighted by Crippen LogP contribution is 2.25. The molecule has 2 aromatic heterocycles. The molecule has 0 aromatic carbocycles. The summed E-state index contributed by atoms with van der Waals surface area (Å²) < 4.78 is 5.41. The Morgan fingerprint density at radius 1 is 1.03 bits per heavy atom. The predicted molar refractivity (Wildman–Crippen MR) is 127 cm³/mol. The number of ether oxygens (including phenoxy) is 1. The van der Waals surface area contributed by atoms with Crippen molar-refractivity contribution in [3.8, 4) is 0 Å². The number of hydrogen-bond acceptors (Lipinski definition) is 8. The standard InChI is InChI=1S/C23H33N7O3/c1-13-10-14(2)25-18(11-13)27-17-12-19(29-30-20(17)21(24)31)26-15-8-6-7-9-16(15)28-22(32)33-23(3,4)5/h10-12,15-16H,6-9H2,1-5H3,(H2,24,31)(H,28,32)(H2,25,26,27,29)/t15-,16+/m1/s1. The first kappa shape index (κ1) is 24.2. The van der Waals surface area contributed by atoms with Crippen molar-refractivity contribution in [1.82, 2.24) is 20.5 Å². The van der Waals surface area contributed by atoms with Gasteiger partial charge in [-0.2, -0.15) is 0 Å². The summed E-state index contributed by atoms with van der Waals surface area (Å²) in [5, 5.41) is 17.6. The zero-order chi connectivity index (χ0) is 24.2. The number of alkyl carbamates (subject to hydrolysis) is 1. The molecule has 2 aromatic rings. The van der Waals surface area contributed by atoms with E-state index in [4.69, 9.17) is 10.5 Å². The first-order chi connectivity index (χ1) is 15.5. The van der Waals surface area contributed by atoms with Gasteiger partial charge in [0.05, 0.1) is 11.7 Å². The summed E-state index contributed by atoms with van der Waals surface area (Å²) >= 11 is 0. The van der Waals surface area contributed by atoms with E-state index in [1.807, 2.05) is 46.8 Å². The van der Waals surface area contributed by atoms with E-state index in [1.165, 1.54) is 0 Å². The Bertz CT molecular complexity index is 999. The second-order valence-electron chi connectivity index (χ2n) is 9.44. The van der Waals surface area contributed by atoms with Crippen molar-refractivity contribution in [2.75, 3.05) is 10.6 Å². The molecule has 10 nitrogen and oxygen atoms in total. The van der Waals surface area contributed by atoms with E-state index in [0.717, 1.165) is 36.9 Å². The van der Waals surface area contributed by atoms with E-state index in [2.05, 4.69) is 31.1 Å². The largest absolute Gasteiger partial charge is 0.444 e. The number of pyridine rings is 1. The summed E-state index contributed by atoms with van der Waals surface area (Å²) in [7, 11) is 0. The Morgan fingerprint density at radius 3 is 2.36 bits per heavy atom. The van der Waals surface area contributed by atoms with Crippen LogP contribution in [0.1, 0.15) is 68.2 Å². The van der Waals surface area contributed by atoms with Gasteiger partial charge in [-0.05, 0) is 65.2 Å². The minimum absolute atomic E-state index is 0.0218. The molecule has 1 saturated carbocycles. The summed E-state index contributed by atoms with van der Waals surface area (Å²) in [5.41, 5.74) is 7.24. The van der Waals surface area contributed by atoms with Crippen molar-refractivity contribution < 1.29 is 14.3 Å². The molecule has 0 aliphatic heterocycles. The SMILES string of the molecule is Cc1cc(C)nc(Nc2cc(N[C@@H]3CCCC[C@@H]3NC(=O)OC(C)(C)C)nnc2C(N)=O)c1.